The standard InChI is InChI=1S/C44H46N4O2/c1-7-12-30(4)39-22-29(3)23-40(31(5)13-8-2)44(39)32-27-46-47(28-32)33-14-11-15-35(24-33)50-36-18-19-38-37-16-9-10-17-41(37)48(42(38)25-36)43-26-34(49-6)20-21-45-43/h9-11,14-28,30-31H,7-8,12-13H2,1-6H3/t30-,31?/m1/s1. The van der Waals surface area contributed by atoms with Crippen LogP contribution in [0, 0.1) is 6.92 Å². The summed E-state index contributed by atoms with van der Waals surface area (Å²) in [5.74, 6) is 3.97. The summed E-state index contributed by atoms with van der Waals surface area (Å²) in [6.07, 6.45) is 10.6. The number of ether oxygens (including phenoxy) is 2. The van der Waals surface area contributed by atoms with E-state index in [-0.39, 0.29) is 0 Å². The van der Waals surface area contributed by atoms with Crippen molar-refractivity contribution in [2.75, 3.05) is 7.11 Å². The minimum atomic E-state index is 0.471. The summed E-state index contributed by atoms with van der Waals surface area (Å²) in [5.41, 5.74) is 9.74. The maximum atomic E-state index is 6.54. The highest BCUT2D eigenvalue weighted by Crippen LogP contribution is 2.40. The summed E-state index contributed by atoms with van der Waals surface area (Å²) < 4.78 is 16.2. The lowest BCUT2D eigenvalue weighted by Crippen LogP contribution is -2.04. The first kappa shape index (κ1) is 33.2. The molecule has 3 aromatic heterocycles. The van der Waals surface area contributed by atoms with E-state index in [0.717, 1.165) is 81.8 Å². The van der Waals surface area contributed by atoms with Gasteiger partial charge < -0.3 is 9.47 Å². The average molecular weight is 663 g/mol. The Hall–Kier alpha value is -5.36. The summed E-state index contributed by atoms with van der Waals surface area (Å²) in [7, 11) is 1.67. The number of hydrogen-bond donors (Lipinski definition) is 0. The molecule has 0 amide bonds. The monoisotopic (exact) mass is 662 g/mol. The second kappa shape index (κ2) is 14.2. The number of benzene rings is 4. The lowest BCUT2D eigenvalue weighted by molar-refractivity contribution is 0.414. The molecule has 0 aliphatic carbocycles. The van der Waals surface area contributed by atoms with E-state index in [1.165, 1.54) is 22.3 Å². The van der Waals surface area contributed by atoms with Crippen LogP contribution >= 0.6 is 0 Å². The Balaban J connectivity index is 1.24. The zero-order chi connectivity index (χ0) is 34.8. The van der Waals surface area contributed by atoms with Crippen molar-refractivity contribution in [3.8, 4) is 39.9 Å². The first-order valence-corrected chi connectivity index (χ1v) is 17.9. The fourth-order valence-corrected chi connectivity index (χ4v) is 7.46. The molecule has 6 heteroatoms. The van der Waals surface area contributed by atoms with Gasteiger partial charge >= 0.3 is 0 Å². The van der Waals surface area contributed by atoms with Gasteiger partial charge in [-0.25, -0.2) is 9.67 Å². The fourth-order valence-electron chi connectivity index (χ4n) is 7.46. The van der Waals surface area contributed by atoms with Crippen molar-refractivity contribution in [3.63, 3.8) is 0 Å². The molecule has 0 saturated heterocycles. The van der Waals surface area contributed by atoms with Crippen molar-refractivity contribution in [1.82, 2.24) is 19.3 Å². The Morgan fingerprint density at radius 3 is 2.18 bits per heavy atom. The van der Waals surface area contributed by atoms with Crippen LogP contribution in [0.3, 0.4) is 0 Å². The third-order valence-corrected chi connectivity index (χ3v) is 9.87. The molecule has 0 spiro atoms. The number of hydrogen-bond acceptors (Lipinski definition) is 4. The molecular formula is C44H46N4O2. The summed E-state index contributed by atoms with van der Waals surface area (Å²) in [6, 6.07) is 31.4. The summed E-state index contributed by atoms with van der Waals surface area (Å²) >= 11 is 0. The Bertz CT molecular complexity index is 2250. The van der Waals surface area contributed by atoms with Crippen LogP contribution in [-0.2, 0) is 0 Å². The average Bonchev–Trinajstić information content (AvgIpc) is 3.75. The molecule has 0 saturated carbocycles. The minimum absolute atomic E-state index is 0.471. The first-order valence-electron chi connectivity index (χ1n) is 17.9. The maximum absolute atomic E-state index is 6.54. The fraction of sp³-hybridized carbons (Fsp3) is 0.273. The van der Waals surface area contributed by atoms with Crippen LogP contribution in [0.25, 0.3) is 44.4 Å². The topological polar surface area (TPSA) is 54.1 Å². The number of pyridine rings is 1. The van der Waals surface area contributed by atoms with Crippen LogP contribution in [0.4, 0.5) is 0 Å². The predicted molar refractivity (Wildman–Crippen MR) is 206 cm³/mol. The summed E-state index contributed by atoms with van der Waals surface area (Å²) in [4.78, 5) is 4.70. The number of methoxy groups -OCH3 is 1. The van der Waals surface area contributed by atoms with Crippen molar-refractivity contribution in [3.05, 3.63) is 126 Å². The van der Waals surface area contributed by atoms with Gasteiger partial charge in [-0.15, -0.1) is 0 Å². The van der Waals surface area contributed by atoms with E-state index in [0.29, 0.717) is 11.8 Å². The minimum Gasteiger partial charge on any atom is -0.497 e. The Kier molecular flexibility index (Phi) is 9.44. The van der Waals surface area contributed by atoms with Crippen LogP contribution in [0.5, 0.6) is 17.2 Å². The summed E-state index contributed by atoms with van der Waals surface area (Å²) in [5, 5.41) is 7.18. The molecule has 1 unspecified atom stereocenters. The summed E-state index contributed by atoms with van der Waals surface area (Å²) in [6.45, 7) is 11.5. The lowest BCUT2D eigenvalue weighted by Gasteiger charge is -2.23. The lowest BCUT2D eigenvalue weighted by atomic mass is 9.81. The Morgan fingerprint density at radius 2 is 1.44 bits per heavy atom. The molecule has 3 heterocycles. The van der Waals surface area contributed by atoms with Gasteiger partial charge in [0.15, 0.2) is 0 Å². The number of aromatic nitrogens is 4. The quantitative estimate of drug-likeness (QED) is 0.131. The Labute approximate surface area is 295 Å². The number of fused-ring (bicyclic) bond motifs is 3. The highest BCUT2D eigenvalue weighted by Gasteiger charge is 2.21. The van der Waals surface area contributed by atoms with Gasteiger partial charge in [0, 0.05) is 46.9 Å². The molecule has 6 nitrogen and oxygen atoms in total. The molecule has 0 radical (unpaired) electrons. The van der Waals surface area contributed by atoms with Crippen LogP contribution < -0.4 is 9.47 Å². The van der Waals surface area contributed by atoms with E-state index in [9.17, 15) is 0 Å². The zero-order valence-electron chi connectivity index (χ0n) is 30.0. The largest absolute Gasteiger partial charge is 0.497 e. The second-order valence-electron chi connectivity index (χ2n) is 13.6. The van der Waals surface area contributed by atoms with Crippen LogP contribution in [-0.4, -0.2) is 26.4 Å². The van der Waals surface area contributed by atoms with Crippen LogP contribution in [0.15, 0.2) is 110 Å². The molecule has 7 rings (SSSR count). The number of para-hydroxylation sites is 1. The Morgan fingerprint density at radius 1 is 0.720 bits per heavy atom. The maximum Gasteiger partial charge on any atom is 0.141 e. The van der Waals surface area contributed by atoms with Gasteiger partial charge in [0.25, 0.3) is 0 Å². The predicted octanol–water partition coefficient (Wildman–Crippen LogP) is 11.9. The van der Waals surface area contributed by atoms with Gasteiger partial charge in [0.05, 0.1) is 30.0 Å². The molecule has 0 aliphatic rings. The third kappa shape index (κ3) is 6.38. The van der Waals surface area contributed by atoms with E-state index < -0.39 is 0 Å². The normalized spacial score (nSPS) is 12.8. The highest BCUT2D eigenvalue weighted by atomic mass is 16.5. The smallest absolute Gasteiger partial charge is 0.141 e. The SMILES string of the molecule is CCCC(C)c1cc(C)cc([C@H](C)CCC)c1-c1cnn(-c2cccc(Oc3ccc4c5ccccc5n(-c5cc(OC)ccn5)c4c3)c2)c1. The number of rotatable bonds is 12. The van der Waals surface area contributed by atoms with E-state index in [4.69, 9.17) is 19.6 Å². The van der Waals surface area contributed by atoms with Gasteiger partial charge in [-0.3, -0.25) is 4.57 Å². The van der Waals surface area contributed by atoms with Gasteiger partial charge in [-0.1, -0.05) is 82.5 Å². The molecule has 254 valence electrons. The molecule has 0 N–H and O–H groups in total. The van der Waals surface area contributed by atoms with Crippen molar-refractivity contribution >= 4 is 21.8 Å². The third-order valence-electron chi connectivity index (χ3n) is 9.87. The molecule has 0 fully saturated rings. The van der Waals surface area contributed by atoms with E-state index in [1.807, 2.05) is 41.2 Å². The second-order valence-corrected chi connectivity index (χ2v) is 13.6. The molecular weight excluding hydrogens is 617 g/mol. The van der Waals surface area contributed by atoms with Crippen molar-refractivity contribution in [1.29, 1.82) is 0 Å². The van der Waals surface area contributed by atoms with Gasteiger partial charge in [-0.2, -0.15) is 5.10 Å². The van der Waals surface area contributed by atoms with Gasteiger partial charge in [0.2, 0.25) is 0 Å². The van der Waals surface area contributed by atoms with Crippen molar-refractivity contribution in [2.45, 2.75) is 72.1 Å². The van der Waals surface area contributed by atoms with Crippen molar-refractivity contribution < 1.29 is 9.47 Å². The van der Waals surface area contributed by atoms with E-state index >= 15 is 0 Å². The zero-order valence-corrected chi connectivity index (χ0v) is 30.0. The van der Waals surface area contributed by atoms with E-state index in [1.54, 1.807) is 13.3 Å². The van der Waals surface area contributed by atoms with Gasteiger partial charge in [0.1, 0.15) is 23.1 Å². The molecule has 2 atom stereocenters. The number of aryl methyl sites for hydroxylation is 1. The van der Waals surface area contributed by atoms with Crippen molar-refractivity contribution in [2.24, 2.45) is 0 Å². The molecule has 0 aliphatic heterocycles. The molecule has 0 bridgehead atoms. The van der Waals surface area contributed by atoms with Gasteiger partial charge in [-0.05, 0) is 84.7 Å². The first-order chi connectivity index (χ1) is 24.4. The van der Waals surface area contributed by atoms with Crippen LogP contribution in [0.1, 0.15) is 81.9 Å². The van der Waals surface area contributed by atoms with E-state index in [2.05, 4.69) is 106 Å². The number of nitrogens with zero attached hydrogens (tertiary/aromatic N) is 4. The highest BCUT2D eigenvalue weighted by molar-refractivity contribution is 6.09. The van der Waals surface area contributed by atoms with Crippen LogP contribution in [0.2, 0.25) is 0 Å². The molecule has 4 aromatic carbocycles. The molecule has 7 aromatic rings. The molecule has 50 heavy (non-hydrogen) atoms.